The van der Waals surface area contributed by atoms with Crippen LogP contribution >= 0.6 is 0 Å². The van der Waals surface area contributed by atoms with E-state index in [0.29, 0.717) is 18.6 Å². The molecule has 0 saturated carbocycles. The number of likely N-dealkylation sites (tertiary alicyclic amines) is 1. The summed E-state index contributed by atoms with van der Waals surface area (Å²) in [5.41, 5.74) is 0. The zero-order chi connectivity index (χ0) is 15.9. The van der Waals surface area contributed by atoms with E-state index < -0.39 is 0 Å². The zero-order valence-electron chi connectivity index (χ0n) is 14.0. The highest BCUT2D eigenvalue weighted by Crippen LogP contribution is 2.27. The van der Waals surface area contributed by atoms with Gasteiger partial charge in [0.1, 0.15) is 11.5 Å². The summed E-state index contributed by atoms with van der Waals surface area (Å²) < 4.78 is 11.1. The lowest BCUT2D eigenvalue weighted by atomic mass is 9.85. The van der Waals surface area contributed by atoms with Crippen LogP contribution in [0.4, 0.5) is 0 Å². The molecule has 1 atom stereocenters. The number of hydrogen-bond acceptors (Lipinski definition) is 4. The first kappa shape index (κ1) is 17.1. The fourth-order valence-electron chi connectivity index (χ4n) is 3.14. The quantitative estimate of drug-likeness (QED) is 0.841. The van der Waals surface area contributed by atoms with Gasteiger partial charge < -0.3 is 19.5 Å². The summed E-state index contributed by atoms with van der Waals surface area (Å²) in [5.74, 6) is 2.35. The third-order valence-electron chi connectivity index (χ3n) is 4.71. The standard InChI is InChI=1S/C18H29NO3/c1-14(2)19-9-7-15(8-10-19)16(12-20)13-22-18-6-4-5-17(11-18)21-3/h4-6,11,14-16,20H,7-10,12-13H2,1-3H3. The highest BCUT2D eigenvalue weighted by Gasteiger charge is 2.27. The van der Waals surface area contributed by atoms with E-state index in [1.54, 1.807) is 7.11 Å². The average Bonchev–Trinajstić information content (AvgIpc) is 2.56. The molecule has 0 radical (unpaired) electrons. The van der Waals surface area contributed by atoms with Crippen molar-refractivity contribution in [2.45, 2.75) is 32.7 Å². The van der Waals surface area contributed by atoms with Crippen LogP contribution < -0.4 is 9.47 Å². The van der Waals surface area contributed by atoms with Crippen LogP contribution in [0.15, 0.2) is 24.3 Å². The smallest absolute Gasteiger partial charge is 0.123 e. The molecule has 0 bridgehead atoms. The second kappa shape index (κ2) is 8.39. The van der Waals surface area contributed by atoms with Gasteiger partial charge in [-0.25, -0.2) is 0 Å². The first-order chi connectivity index (χ1) is 10.6. The normalized spacial score (nSPS) is 18.4. The molecule has 1 aliphatic rings. The maximum absolute atomic E-state index is 9.71. The lowest BCUT2D eigenvalue weighted by molar-refractivity contribution is 0.0647. The van der Waals surface area contributed by atoms with Crippen molar-refractivity contribution in [3.63, 3.8) is 0 Å². The molecule has 2 rings (SSSR count). The van der Waals surface area contributed by atoms with Crippen LogP contribution in [0.25, 0.3) is 0 Å². The van der Waals surface area contributed by atoms with E-state index in [2.05, 4.69) is 18.7 Å². The Balaban J connectivity index is 1.84. The van der Waals surface area contributed by atoms with Gasteiger partial charge in [0, 0.05) is 24.6 Å². The molecular weight excluding hydrogens is 278 g/mol. The van der Waals surface area contributed by atoms with Crippen molar-refractivity contribution >= 4 is 0 Å². The lowest BCUT2D eigenvalue weighted by Gasteiger charge is -2.37. The molecule has 0 spiro atoms. The molecule has 1 heterocycles. The number of aliphatic hydroxyl groups excluding tert-OH is 1. The molecule has 0 amide bonds. The SMILES string of the molecule is COc1cccc(OCC(CO)C2CCN(C(C)C)CC2)c1. The van der Waals surface area contributed by atoms with Crippen LogP contribution in [0.5, 0.6) is 11.5 Å². The van der Waals surface area contributed by atoms with E-state index >= 15 is 0 Å². The number of hydrogen-bond donors (Lipinski definition) is 1. The predicted molar refractivity (Wildman–Crippen MR) is 88.5 cm³/mol. The first-order valence-electron chi connectivity index (χ1n) is 8.25. The van der Waals surface area contributed by atoms with Crippen LogP contribution in [0.2, 0.25) is 0 Å². The summed E-state index contributed by atoms with van der Waals surface area (Å²) in [4.78, 5) is 2.51. The summed E-state index contributed by atoms with van der Waals surface area (Å²) in [7, 11) is 1.65. The number of aliphatic hydroxyl groups is 1. The Morgan fingerprint density at radius 3 is 2.50 bits per heavy atom. The van der Waals surface area contributed by atoms with Crippen molar-refractivity contribution in [1.82, 2.24) is 4.90 Å². The number of nitrogens with zero attached hydrogens (tertiary/aromatic N) is 1. The summed E-state index contributed by atoms with van der Waals surface area (Å²) in [6.07, 6.45) is 2.29. The van der Waals surface area contributed by atoms with Crippen molar-refractivity contribution in [1.29, 1.82) is 0 Å². The average molecular weight is 307 g/mol. The minimum absolute atomic E-state index is 0.191. The summed E-state index contributed by atoms with van der Waals surface area (Å²) in [6, 6.07) is 8.25. The highest BCUT2D eigenvalue weighted by molar-refractivity contribution is 5.32. The van der Waals surface area contributed by atoms with Crippen LogP contribution in [0, 0.1) is 11.8 Å². The number of methoxy groups -OCH3 is 1. The second-order valence-electron chi connectivity index (χ2n) is 6.40. The number of rotatable bonds is 7. The van der Waals surface area contributed by atoms with Crippen molar-refractivity contribution in [3.05, 3.63) is 24.3 Å². The Hall–Kier alpha value is -1.26. The number of ether oxygens (including phenoxy) is 2. The summed E-state index contributed by atoms with van der Waals surface area (Å²) >= 11 is 0. The van der Waals surface area contributed by atoms with Crippen LogP contribution in [0.3, 0.4) is 0 Å². The van der Waals surface area contributed by atoms with Gasteiger partial charge in [-0.05, 0) is 57.8 Å². The molecule has 1 aliphatic heterocycles. The maximum Gasteiger partial charge on any atom is 0.123 e. The topological polar surface area (TPSA) is 41.9 Å². The van der Waals surface area contributed by atoms with Gasteiger partial charge in [0.2, 0.25) is 0 Å². The molecule has 1 aromatic carbocycles. The van der Waals surface area contributed by atoms with Crippen molar-refractivity contribution in [3.8, 4) is 11.5 Å². The monoisotopic (exact) mass is 307 g/mol. The summed E-state index contributed by atoms with van der Waals surface area (Å²) in [6.45, 7) is 7.49. The predicted octanol–water partition coefficient (Wildman–Crippen LogP) is 2.80. The van der Waals surface area contributed by atoms with Gasteiger partial charge in [-0.1, -0.05) is 6.07 Å². The molecule has 0 aliphatic carbocycles. The number of piperidine rings is 1. The van der Waals surface area contributed by atoms with Crippen molar-refractivity contribution in [2.24, 2.45) is 11.8 Å². The fourth-order valence-corrected chi connectivity index (χ4v) is 3.14. The minimum Gasteiger partial charge on any atom is -0.497 e. The van der Waals surface area contributed by atoms with E-state index in [4.69, 9.17) is 9.47 Å². The molecule has 1 N–H and O–H groups in total. The highest BCUT2D eigenvalue weighted by atomic mass is 16.5. The van der Waals surface area contributed by atoms with E-state index in [9.17, 15) is 5.11 Å². The van der Waals surface area contributed by atoms with Gasteiger partial charge in [-0.2, -0.15) is 0 Å². The van der Waals surface area contributed by atoms with E-state index in [1.807, 2.05) is 24.3 Å². The van der Waals surface area contributed by atoms with Crippen molar-refractivity contribution < 1.29 is 14.6 Å². The maximum atomic E-state index is 9.71. The third-order valence-corrected chi connectivity index (χ3v) is 4.71. The second-order valence-corrected chi connectivity index (χ2v) is 6.40. The van der Waals surface area contributed by atoms with Crippen LogP contribution in [-0.4, -0.2) is 49.5 Å². The first-order valence-corrected chi connectivity index (χ1v) is 8.25. The Labute approximate surface area is 134 Å². The minimum atomic E-state index is 0.191. The third kappa shape index (κ3) is 4.62. The molecule has 0 aromatic heterocycles. The largest absolute Gasteiger partial charge is 0.497 e. The zero-order valence-corrected chi connectivity index (χ0v) is 14.0. The van der Waals surface area contributed by atoms with Gasteiger partial charge in [0.15, 0.2) is 0 Å². The van der Waals surface area contributed by atoms with E-state index in [0.717, 1.165) is 37.4 Å². The Morgan fingerprint density at radius 2 is 1.91 bits per heavy atom. The Bertz CT molecular complexity index is 442. The molecule has 1 unspecified atom stereocenters. The fraction of sp³-hybridized carbons (Fsp3) is 0.667. The number of benzene rings is 1. The summed E-state index contributed by atoms with van der Waals surface area (Å²) in [5, 5.41) is 9.71. The van der Waals surface area contributed by atoms with Gasteiger partial charge in [0.05, 0.1) is 13.7 Å². The molecular formula is C18H29NO3. The molecule has 1 aromatic rings. The molecule has 22 heavy (non-hydrogen) atoms. The van der Waals surface area contributed by atoms with Gasteiger partial charge >= 0.3 is 0 Å². The Kier molecular flexibility index (Phi) is 6.52. The van der Waals surface area contributed by atoms with Gasteiger partial charge in [0.25, 0.3) is 0 Å². The molecule has 4 nitrogen and oxygen atoms in total. The van der Waals surface area contributed by atoms with E-state index in [-0.39, 0.29) is 12.5 Å². The van der Waals surface area contributed by atoms with Crippen molar-refractivity contribution in [2.75, 3.05) is 33.4 Å². The lowest BCUT2D eigenvalue weighted by Crippen LogP contribution is -2.41. The molecule has 1 fully saturated rings. The Morgan fingerprint density at radius 1 is 1.23 bits per heavy atom. The van der Waals surface area contributed by atoms with Crippen LogP contribution in [0.1, 0.15) is 26.7 Å². The molecule has 4 heteroatoms. The van der Waals surface area contributed by atoms with E-state index in [1.165, 1.54) is 0 Å². The molecule has 1 saturated heterocycles. The molecule has 124 valence electrons. The van der Waals surface area contributed by atoms with Crippen LogP contribution in [-0.2, 0) is 0 Å². The van der Waals surface area contributed by atoms with Gasteiger partial charge in [-0.3, -0.25) is 0 Å². The van der Waals surface area contributed by atoms with Gasteiger partial charge in [-0.15, -0.1) is 0 Å².